The number of halogens is 1. The lowest BCUT2D eigenvalue weighted by Crippen LogP contribution is -2.35. The first-order valence-corrected chi connectivity index (χ1v) is 8.58. The summed E-state index contributed by atoms with van der Waals surface area (Å²) in [5.41, 5.74) is 3.01. The number of carbonyl (C=O) groups is 2. The summed E-state index contributed by atoms with van der Waals surface area (Å²) >= 11 is 5.96. The van der Waals surface area contributed by atoms with E-state index in [1.165, 1.54) is 12.0 Å². The molecule has 0 saturated carbocycles. The van der Waals surface area contributed by atoms with Crippen LogP contribution in [-0.4, -0.2) is 37.0 Å². The third-order valence-electron chi connectivity index (χ3n) is 4.22. The Labute approximate surface area is 157 Å². The minimum Gasteiger partial charge on any atom is -0.383 e. The van der Waals surface area contributed by atoms with E-state index in [4.69, 9.17) is 16.3 Å². The lowest BCUT2D eigenvalue weighted by molar-refractivity contribution is -0.137. The highest BCUT2D eigenvalue weighted by Crippen LogP contribution is 2.31. The van der Waals surface area contributed by atoms with E-state index < -0.39 is 0 Å². The van der Waals surface area contributed by atoms with Gasteiger partial charge >= 0.3 is 0 Å². The zero-order valence-corrected chi connectivity index (χ0v) is 15.3. The Morgan fingerprint density at radius 2 is 1.73 bits per heavy atom. The van der Waals surface area contributed by atoms with Crippen LogP contribution in [0.15, 0.2) is 54.2 Å². The maximum atomic E-state index is 12.9. The van der Waals surface area contributed by atoms with Crippen LogP contribution >= 0.6 is 11.6 Å². The Balaban J connectivity index is 2.05. The van der Waals surface area contributed by atoms with Gasteiger partial charge in [-0.1, -0.05) is 41.9 Å². The van der Waals surface area contributed by atoms with Gasteiger partial charge < -0.3 is 10.1 Å². The summed E-state index contributed by atoms with van der Waals surface area (Å²) in [7, 11) is 1.53. The van der Waals surface area contributed by atoms with Gasteiger partial charge in [-0.25, -0.2) is 0 Å². The third-order valence-corrected chi connectivity index (χ3v) is 4.48. The summed E-state index contributed by atoms with van der Waals surface area (Å²) in [6.07, 6.45) is 0. The number of carbonyl (C=O) groups excluding carboxylic acids is 2. The highest BCUT2D eigenvalue weighted by molar-refractivity contribution is 6.37. The predicted molar refractivity (Wildman–Crippen MR) is 102 cm³/mol. The topological polar surface area (TPSA) is 58.6 Å². The number of hydrogen-bond acceptors (Lipinski definition) is 4. The standard InChI is InChI=1S/C20H19ClN2O3/c1-13-5-3-4-6-16(13)22-18-17(14-7-9-15(21)10-8-14)19(24)23(20(18)25)11-12-26-2/h3-10,22H,11-12H2,1-2H3. The SMILES string of the molecule is COCCN1C(=O)C(Nc2ccccc2C)=C(c2ccc(Cl)cc2)C1=O. The highest BCUT2D eigenvalue weighted by atomic mass is 35.5. The molecule has 0 saturated heterocycles. The second-order valence-electron chi connectivity index (χ2n) is 5.95. The number of para-hydroxylation sites is 1. The second kappa shape index (κ2) is 7.72. The maximum Gasteiger partial charge on any atom is 0.278 e. The van der Waals surface area contributed by atoms with Crippen LogP contribution in [0.1, 0.15) is 11.1 Å². The van der Waals surface area contributed by atoms with Crippen molar-refractivity contribution >= 4 is 34.7 Å². The molecule has 0 bridgehead atoms. The first-order chi connectivity index (χ1) is 12.5. The molecule has 6 heteroatoms. The summed E-state index contributed by atoms with van der Waals surface area (Å²) in [5, 5.41) is 3.72. The zero-order valence-electron chi connectivity index (χ0n) is 14.6. The quantitative estimate of drug-likeness (QED) is 0.791. The normalized spacial score (nSPS) is 14.3. The molecule has 2 aromatic rings. The van der Waals surface area contributed by atoms with Crippen molar-refractivity contribution in [2.75, 3.05) is 25.6 Å². The minimum absolute atomic E-state index is 0.199. The van der Waals surface area contributed by atoms with Gasteiger partial charge in [0.1, 0.15) is 5.70 Å². The summed E-state index contributed by atoms with van der Waals surface area (Å²) in [6.45, 7) is 2.42. The molecule has 3 rings (SSSR count). The number of anilines is 1. The van der Waals surface area contributed by atoms with E-state index >= 15 is 0 Å². The fourth-order valence-electron chi connectivity index (χ4n) is 2.81. The predicted octanol–water partition coefficient (Wildman–Crippen LogP) is 3.49. The lowest BCUT2D eigenvalue weighted by atomic mass is 10.0. The minimum atomic E-state index is -0.361. The van der Waals surface area contributed by atoms with Crippen molar-refractivity contribution in [3.63, 3.8) is 0 Å². The number of amides is 2. The number of nitrogens with zero attached hydrogens (tertiary/aromatic N) is 1. The first kappa shape index (κ1) is 18.2. The summed E-state index contributed by atoms with van der Waals surface area (Å²) in [5.74, 6) is -0.703. The Morgan fingerprint density at radius 1 is 1.04 bits per heavy atom. The Morgan fingerprint density at radius 3 is 2.38 bits per heavy atom. The van der Waals surface area contributed by atoms with Crippen molar-refractivity contribution < 1.29 is 14.3 Å². The molecule has 2 aromatic carbocycles. The van der Waals surface area contributed by atoms with Gasteiger partial charge in [0.25, 0.3) is 11.8 Å². The Hall–Kier alpha value is -2.63. The number of ether oxygens (including phenoxy) is 1. The molecule has 1 aliphatic rings. The number of aryl methyl sites for hydroxylation is 1. The van der Waals surface area contributed by atoms with Gasteiger partial charge in [-0.2, -0.15) is 0 Å². The molecule has 2 amide bonds. The molecule has 0 spiro atoms. The van der Waals surface area contributed by atoms with Gasteiger partial charge in [-0.15, -0.1) is 0 Å². The number of rotatable bonds is 6. The van der Waals surface area contributed by atoms with Crippen LogP contribution in [0, 0.1) is 6.92 Å². The Bertz CT molecular complexity index is 875. The molecule has 134 valence electrons. The number of imide groups is 1. The van der Waals surface area contributed by atoms with Crippen LogP contribution in [-0.2, 0) is 14.3 Å². The van der Waals surface area contributed by atoms with Crippen LogP contribution in [0.4, 0.5) is 5.69 Å². The number of nitrogens with one attached hydrogen (secondary N) is 1. The maximum absolute atomic E-state index is 12.9. The van der Waals surface area contributed by atoms with Crippen molar-refractivity contribution in [2.45, 2.75) is 6.92 Å². The van der Waals surface area contributed by atoms with E-state index in [9.17, 15) is 9.59 Å². The zero-order chi connectivity index (χ0) is 18.7. The van der Waals surface area contributed by atoms with E-state index in [1.807, 2.05) is 31.2 Å². The van der Waals surface area contributed by atoms with Gasteiger partial charge in [-0.3, -0.25) is 14.5 Å². The molecule has 0 aromatic heterocycles. The summed E-state index contributed by atoms with van der Waals surface area (Å²) in [4.78, 5) is 27.0. The van der Waals surface area contributed by atoms with E-state index in [0.717, 1.165) is 11.3 Å². The molecule has 0 atom stereocenters. The van der Waals surface area contributed by atoms with Crippen LogP contribution in [0.3, 0.4) is 0 Å². The highest BCUT2D eigenvalue weighted by Gasteiger charge is 2.39. The molecule has 26 heavy (non-hydrogen) atoms. The average Bonchev–Trinajstić information content (AvgIpc) is 2.86. The molecule has 0 aliphatic carbocycles. The van der Waals surface area contributed by atoms with Crippen molar-refractivity contribution in [1.82, 2.24) is 4.90 Å². The molecule has 0 fully saturated rings. The third kappa shape index (κ3) is 3.49. The Kier molecular flexibility index (Phi) is 5.40. The number of hydrogen-bond donors (Lipinski definition) is 1. The summed E-state index contributed by atoms with van der Waals surface area (Å²) < 4.78 is 5.03. The molecular weight excluding hydrogens is 352 g/mol. The van der Waals surface area contributed by atoms with E-state index in [-0.39, 0.29) is 30.7 Å². The van der Waals surface area contributed by atoms with Gasteiger partial charge in [0, 0.05) is 17.8 Å². The molecule has 1 heterocycles. The van der Waals surface area contributed by atoms with Crippen LogP contribution < -0.4 is 5.32 Å². The van der Waals surface area contributed by atoms with E-state index in [0.29, 0.717) is 16.2 Å². The smallest absolute Gasteiger partial charge is 0.278 e. The van der Waals surface area contributed by atoms with Gasteiger partial charge in [0.2, 0.25) is 0 Å². The average molecular weight is 371 g/mol. The molecule has 1 N–H and O–H groups in total. The van der Waals surface area contributed by atoms with Crippen molar-refractivity contribution in [2.24, 2.45) is 0 Å². The second-order valence-corrected chi connectivity index (χ2v) is 6.39. The van der Waals surface area contributed by atoms with Gasteiger partial charge in [0.15, 0.2) is 0 Å². The fraction of sp³-hybridized carbons (Fsp3) is 0.200. The molecule has 0 unspecified atom stereocenters. The van der Waals surface area contributed by atoms with Crippen molar-refractivity contribution in [1.29, 1.82) is 0 Å². The van der Waals surface area contributed by atoms with Crippen LogP contribution in [0.25, 0.3) is 5.57 Å². The monoisotopic (exact) mass is 370 g/mol. The molecule has 0 radical (unpaired) electrons. The number of benzene rings is 2. The largest absolute Gasteiger partial charge is 0.383 e. The van der Waals surface area contributed by atoms with Crippen LogP contribution in [0.5, 0.6) is 0 Å². The molecule has 1 aliphatic heterocycles. The summed E-state index contributed by atoms with van der Waals surface area (Å²) in [6, 6.07) is 14.5. The van der Waals surface area contributed by atoms with Gasteiger partial charge in [-0.05, 0) is 36.2 Å². The van der Waals surface area contributed by atoms with E-state index in [1.54, 1.807) is 24.3 Å². The molecule has 5 nitrogen and oxygen atoms in total. The number of methoxy groups -OCH3 is 1. The molecular formula is C20H19ClN2O3. The van der Waals surface area contributed by atoms with Crippen LogP contribution in [0.2, 0.25) is 5.02 Å². The van der Waals surface area contributed by atoms with Crippen molar-refractivity contribution in [3.8, 4) is 0 Å². The van der Waals surface area contributed by atoms with E-state index in [2.05, 4.69) is 5.32 Å². The van der Waals surface area contributed by atoms with Crippen molar-refractivity contribution in [3.05, 3.63) is 70.4 Å². The fourth-order valence-corrected chi connectivity index (χ4v) is 2.94. The lowest BCUT2D eigenvalue weighted by Gasteiger charge is -2.15. The van der Waals surface area contributed by atoms with Gasteiger partial charge in [0.05, 0.1) is 18.7 Å². The first-order valence-electron chi connectivity index (χ1n) is 8.21.